The molecule has 4 aromatic rings. The van der Waals surface area contributed by atoms with Crippen LogP contribution < -0.4 is 5.56 Å². The molecule has 0 N–H and O–H groups in total. The smallest absolute Gasteiger partial charge is 0.275 e. The summed E-state index contributed by atoms with van der Waals surface area (Å²) in [6.07, 6.45) is 0. The summed E-state index contributed by atoms with van der Waals surface area (Å²) >= 11 is 2.92. The van der Waals surface area contributed by atoms with Crippen molar-refractivity contribution in [1.29, 1.82) is 0 Å². The van der Waals surface area contributed by atoms with Gasteiger partial charge in [0, 0.05) is 24.4 Å². The van der Waals surface area contributed by atoms with Crippen molar-refractivity contribution in [3.8, 4) is 11.4 Å². The van der Waals surface area contributed by atoms with Gasteiger partial charge in [0.15, 0.2) is 11.0 Å². The number of hydrogen-bond donors (Lipinski definition) is 0. The largest absolute Gasteiger partial charge is 0.305 e. The highest BCUT2D eigenvalue weighted by molar-refractivity contribution is 7.98. The third-order valence-corrected chi connectivity index (χ3v) is 6.47. The SMILES string of the molecule is Cc1nn2c(=O)cc(CSc3nnc(-c4ccc(C(C)(C)C)cc4)n3C)nc2s1. The van der Waals surface area contributed by atoms with E-state index in [2.05, 4.69) is 65.3 Å². The Morgan fingerprint density at radius 3 is 2.55 bits per heavy atom. The Labute approximate surface area is 176 Å². The highest BCUT2D eigenvalue weighted by atomic mass is 32.2. The normalized spacial score (nSPS) is 12.0. The lowest BCUT2D eigenvalue weighted by molar-refractivity contribution is 0.590. The zero-order valence-electron chi connectivity index (χ0n) is 17.0. The van der Waals surface area contributed by atoms with Gasteiger partial charge in [0.2, 0.25) is 4.96 Å². The van der Waals surface area contributed by atoms with Crippen molar-refractivity contribution in [3.05, 3.63) is 57.0 Å². The number of rotatable bonds is 4. The molecule has 0 saturated heterocycles. The first kappa shape index (κ1) is 19.8. The number of nitrogens with zero attached hydrogens (tertiary/aromatic N) is 6. The quantitative estimate of drug-likeness (QED) is 0.461. The van der Waals surface area contributed by atoms with Crippen molar-refractivity contribution < 1.29 is 0 Å². The third-order valence-electron chi connectivity index (χ3n) is 4.59. The Hall–Kier alpha value is -2.52. The lowest BCUT2D eigenvalue weighted by atomic mass is 9.87. The summed E-state index contributed by atoms with van der Waals surface area (Å²) in [4.78, 5) is 17.4. The minimum atomic E-state index is -0.160. The summed E-state index contributed by atoms with van der Waals surface area (Å²) in [7, 11) is 1.95. The maximum Gasteiger partial charge on any atom is 0.275 e. The molecule has 0 saturated carbocycles. The Morgan fingerprint density at radius 1 is 1.14 bits per heavy atom. The molecule has 0 aliphatic rings. The van der Waals surface area contributed by atoms with Gasteiger partial charge in [-0.2, -0.15) is 9.61 Å². The van der Waals surface area contributed by atoms with Gasteiger partial charge in [0.05, 0.1) is 5.69 Å². The lowest BCUT2D eigenvalue weighted by Crippen LogP contribution is -2.15. The molecular formula is C20H22N6OS2. The number of hydrogen-bond acceptors (Lipinski definition) is 7. The Kier molecular flexibility index (Phi) is 5.04. The maximum absolute atomic E-state index is 12.2. The summed E-state index contributed by atoms with van der Waals surface area (Å²) in [5.41, 5.74) is 2.97. The average Bonchev–Trinajstić information content (AvgIpc) is 3.22. The molecule has 0 aliphatic carbocycles. The summed E-state index contributed by atoms with van der Waals surface area (Å²) in [5.74, 6) is 1.35. The van der Waals surface area contributed by atoms with Gasteiger partial charge >= 0.3 is 0 Å². The molecule has 0 unspecified atom stereocenters. The van der Waals surface area contributed by atoms with Gasteiger partial charge in [0.1, 0.15) is 5.01 Å². The predicted molar refractivity (Wildman–Crippen MR) is 117 cm³/mol. The summed E-state index contributed by atoms with van der Waals surface area (Å²) in [5, 5.41) is 14.4. The van der Waals surface area contributed by atoms with Crippen LogP contribution in [0.25, 0.3) is 16.3 Å². The fourth-order valence-corrected chi connectivity index (χ4v) is 4.55. The van der Waals surface area contributed by atoms with E-state index < -0.39 is 0 Å². The molecular weight excluding hydrogens is 404 g/mol. The monoisotopic (exact) mass is 426 g/mol. The first-order valence-corrected chi connectivity index (χ1v) is 11.0. The Balaban J connectivity index is 1.54. The molecule has 0 amide bonds. The van der Waals surface area contributed by atoms with Crippen LogP contribution >= 0.6 is 23.1 Å². The second kappa shape index (κ2) is 7.38. The molecule has 0 bridgehead atoms. The fraction of sp³-hybridized carbons (Fsp3) is 0.350. The van der Waals surface area contributed by atoms with E-state index in [1.165, 1.54) is 39.2 Å². The predicted octanol–water partition coefficient (Wildman–Crippen LogP) is 3.84. The summed E-state index contributed by atoms with van der Waals surface area (Å²) < 4.78 is 3.31. The number of benzene rings is 1. The molecule has 0 spiro atoms. The second-order valence-electron chi connectivity index (χ2n) is 7.88. The standard InChI is InChI=1S/C20H22N6OS2/c1-12-24-26-16(27)10-15(21-18(26)29-12)11-28-19-23-22-17(25(19)5)13-6-8-14(9-7-13)20(2,3)4/h6-10H,11H2,1-5H3. The van der Waals surface area contributed by atoms with E-state index in [4.69, 9.17) is 0 Å². The Bertz CT molecular complexity index is 1230. The Morgan fingerprint density at radius 2 is 1.86 bits per heavy atom. The molecule has 0 radical (unpaired) electrons. The minimum Gasteiger partial charge on any atom is -0.305 e. The van der Waals surface area contributed by atoms with Crippen molar-refractivity contribution in [3.63, 3.8) is 0 Å². The van der Waals surface area contributed by atoms with Gasteiger partial charge in [-0.1, -0.05) is 68.1 Å². The maximum atomic E-state index is 12.2. The van der Waals surface area contributed by atoms with E-state index in [0.717, 1.165) is 21.6 Å². The van der Waals surface area contributed by atoms with E-state index in [9.17, 15) is 4.79 Å². The topological polar surface area (TPSA) is 78.0 Å². The molecule has 0 fully saturated rings. The van der Waals surface area contributed by atoms with Gasteiger partial charge < -0.3 is 4.57 Å². The third kappa shape index (κ3) is 3.97. The van der Waals surface area contributed by atoms with E-state index in [0.29, 0.717) is 16.4 Å². The van der Waals surface area contributed by atoms with E-state index in [-0.39, 0.29) is 11.0 Å². The van der Waals surface area contributed by atoms with Crippen molar-refractivity contribution in [2.75, 3.05) is 0 Å². The van der Waals surface area contributed by atoms with Crippen LogP contribution in [0.2, 0.25) is 0 Å². The van der Waals surface area contributed by atoms with Crippen LogP contribution in [0.3, 0.4) is 0 Å². The van der Waals surface area contributed by atoms with E-state index in [1.54, 1.807) is 0 Å². The number of fused-ring (bicyclic) bond motifs is 1. The van der Waals surface area contributed by atoms with Crippen LogP contribution in [0.15, 0.2) is 40.3 Å². The van der Waals surface area contributed by atoms with Gasteiger partial charge in [-0.25, -0.2) is 4.98 Å². The molecule has 3 heterocycles. The first-order chi connectivity index (χ1) is 13.7. The molecule has 7 nitrogen and oxygen atoms in total. The van der Waals surface area contributed by atoms with Crippen molar-refractivity contribution in [1.82, 2.24) is 29.4 Å². The molecule has 1 aromatic carbocycles. The highest BCUT2D eigenvalue weighted by Gasteiger charge is 2.16. The van der Waals surface area contributed by atoms with Gasteiger partial charge in [-0.15, -0.1) is 10.2 Å². The van der Waals surface area contributed by atoms with Gasteiger partial charge in [0.25, 0.3) is 5.56 Å². The van der Waals surface area contributed by atoms with Crippen LogP contribution in [-0.2, 0) is 18.2 Å². The molecule has 0 aliphatic heterocycles. The van der Waals surface area contributed by atoms with Crippen LogP contribution in [0, 0.1) is 6.92 Å². The second-order valence-corrected chi connectivity index (χ2v) is 9.98. The summed E-state index contributed by atoms with van der Waals surface area (Å²) in [6, 6.07) is 9.98. The molecule has 29 heavy (non-hydrogen) atoms. The van der Waals surface area contributed by atoms with Crippen LogP contribution in [0.4, 0.5) is 0 Å². The van der Waals surface area contributed by atoms with Crippen LogP contribution in [0.1, 0.15) is 37.0 Å². The van der Waals surface area contributed by atoms with Gasteiger partial charge in [-0.05, 0) is 17.9 Å². The van der Waals surface area contributed by atoms with Crippen molar-refractivity contribution >= 4 is 28.1 Å². The average molecular weight is 427 g/mol. The highest BCUT2D eigenvalue weighted by Crippen LogP contribution is 2.28. The molecule has 0 atom stereocenters. The number of aromatic nitrogens is 6. The zero-order valence-corrected chi connectivity index (χ0v) is 18.6. The van der Waals surface area contributed by atoms with Crippen molar-refractivity contribution in [2.45, 2.75) is 44.0 Å². The molecule has 150 valence electrons. The summed E-state index contributed by atoms with van der Waals surface area (Å²) in [6.45, 7) is 8.46. The van der Waals surface area contributed by atoms with Crippen LogP contribution in [-0.4, -0.2) is 29.4 Å². The zero-order chi connectivity index (χ0) is 20.8. The van der Waals surface area contributed by atoms with E-state index in [1.807, 2.05) is 18.5 Å². The molecule has 4 rings (SSSR count). The van der Waals surface area contributed by atoms with Crippen LogP contribution in [0.5, 0.6) is 0 Å². The number of thioether (sulfide) groups is 1. The van der Waals surface area contributed by atoms with Crippen molar-refractivity contribution in [2.24, 2.45) is 7.05 Å². The number of aryl methyl sites for hydroxylation is 1. The minimum absolute atomic E-state index is 0.114. The molecule has 3 aromatic heterocycles. The first-order valence-electron chi connectivity index (χ1n) is 9.22. The van der Waals surface area contributed by atoms with Gasteiger partial charge in [-0.3, -0.25) is 4.79 Å². The molecule has 9 heteroatoms. The fourth-order valence-electron chi connectivity index (χ4n) is 2.98. The lowest BCUT2D eigenvalue weighted by Gasteiger charge is -2.19. The van der Waals surface area contributed by atoms with E-state index >= 15 is 0 Å².